The van der Waals surface area contributed by atoms with Gasteiger partial charge < -0.3 is 19.5 Å². The largest absolute Gasteiger partial charge is 0.507 e. The van der Waals surface area contributed by atoms with Gasteiger partial charge in [0.15, 0.2) is 0 Å². The van der Waals surface area contributed by atoms with E-state index in [1.54, 1.807) is 4.90 Å². The Morgan fingerprint density at radius 2 is 2.12 bits per heavy atom. The molecule has 9 heteroatoms. The van der Waals surface area contributed by atoms with Gasteiger partial charge in [0.25, 0.3) is 0 Å². The van der Waals surface area contributed by atoms with Crippen molar-refractivity contribution in [2.24, 2.45) is 0 Å². The lowest BCUT2D eigenvalue weighted by atomic mass is 9.96. The molecule has 1 fully saturated rings. The second kappa shape index (κ2) is 8.73. The maximum atomic E-state index is 14.5. The van der Waals surface area contributed by atoms with Gasteiger partial charge >= 0.3 is 6.09 Å². The van der Waals surface area contributed by atoms with E-state index in [1.165, 1.54) is 24.3 Å². The fourth-order valence-electron chi connectivity index (χ4n) is 4.17. The molecule has 174 valence electrons. The van der Waals surface area contributed by atoms with Crippen molar-refractivity contribution in [2.45, 2.75) is 39.0 Å². The predicted molar refractivity (Wildman–Crippen MR) is 121 cm³/mol. The molecule has 0 bridgehead atoms. The molecule has 1 N–H and O–H groups in total. The lowest BCUT2D eigenvalue weighted by Gasteiger charge is -2.40. The highest BCUT2D eigenvalue weighted by Crippen LogP contribution is 2.45. The van der Waals surface area contributed by atoms with Crippen molar-refractivity contribution in [3.63, 3.8) is 0 Å². The van der Waals surface area contributed by atoms with E-state index in [9.17, 15) is 19.6 Å². The smallest absolute Gasteiger partial charge is 0.410 e. The summed E-state index contributed by atoms with van der Waals surface area (Å²) >= 11 is 6.64. The molecule has 1 saturated heterocycles. The molecular weight excluding hydrogens is 449 g/mol. The number of rotatable bonds is 1. The number of carbonyl (C=O) groups is 1. The number of hydrogen-bond donors (Lipinski definition) is 1. The van der Waals surface area contributed by atoms with Gasteiger partial charge in [0.1, 0.15) is 29.5 Å². The van der Waals surface area contributed by atoms with Crippen molar-refractivity contribution in [1.82, 2.24) is 9.80 Å². The Labute approximate surface area is 196 Å². The topological polar surface area (TPSA) is 86.0 Å². The second-order valence-electron chi connectivity index (χ2n) is 9.20. The molecule has 2 aromatic rings. The Bertz CT molecular complexity index is 1120. The fraction of sp³-hybridized carbons (Fsp3) is 0.417. The standard InChI is InChI=1S/C24H25ClFN3O4/c1-24(2,3)33-23(31)29-8-7-28-12-17-14(10-27)9-16(20-18(26)5-4-6-19(20)30)21(25)22(17)32-13-15(28)11-29/h4-6,9,15,30H,7-8,11-13H2,1-3H3. The molecule has 2 aliphatic rings. The van der Waals surface area contributed by atoms with Crippen LogP contribution >= 0.6 is 11.6 Å². The Balaban J connectivity index is 1.66. The molecule has 2 aliphatic heterocycles. The summed E-state index contributed by atoms with van der Waals surface area (Å²) < 4.78 is 26.1. The minimum Gasteiger partial charge on any atom is -0.507 e. The van der Waals surface area contributed by atoms with Gasteiger partial charge in [-0.3, -0.25) is 4.90 Å². The Kier molecular flexibility index (Phi) is 6.12. The van der Waals surface area contributed by atoms with Crippen LogP contribution < -0.4 is 4.74 Å². The Morgan fingerprint density at radius 3 is 2.79 bits per heavy atom. The monoisotopic (exact) mass is 473 g/mol. The Morgan fingerprint density at radius 1 is 1.36 bits per heavy atom. The Hall–Kier alpha value is -3.02. The molecule has 1 unspecified atom stereocenters. The van der Waals surface area contributed by atoms with Crippen molar-refractivity contribution >= 4 is 17.7 Å². The zero-order valence-electron chi connectivity index (χ0n) is 18.7. The predicted octanol–water partition coefficient (Wildman–Crippen LogP) is 4.54. The number of carbonyl (C=O) groups excluding carboxylic acids is 1. The summed E-state index contributed by atoms with van der Waals surface area (Å²) in [5.74, 6) is -0.633. The third kappa shape index (κ3) is 4.56. The molecule has 0 aromatic heterocycles. The van der Waals surface area contributed by atoms with Gasteiger partial charge in [-0.25, -0.2) is 9.18 Å². The number of nitrogens with zero attached hydrogens (tertiary/aromatic N) is 3. The van der Waals surface area contributed by atoms with Gasteiger partial charge in [0.2, 0.25) is 0 Å². The molecule has 2 aromatic carbocycles. The zero-order valence-corrected chi connectivity index (χ0v) is 19.4. The number of piperazine rings is 1. The number of phenolic OH excluding ortho intramolecular Hbond substituents is 1. The quantitative estimate of drug-likeness (QED) is 0.654. The molecule has 0 radical (unpaired) electrons. The van der Waals surface area contributed by atoms with Crippen LogP contribution in [0.4, 0.5) is 9.18 Å². The van der Waals surface area contributed by atoms with Crippen molar-refractivity contribution in [3.05, 3.63) is 46.2 Å². The average Bonchev–Trinajstić information content (AvgIpc) is 2.93. The number of phenols is 1. The molecule has 0 spiro atoms. The number of hydrogen-bond acceptors (Lipinski definition) is 6. The van der Waals surface area contributed by atoms with Crippen LogP contribution in [0.2, 0.25) is 5.02 Å². The van der Waals surface area contributed by atoms with Gasteiger partial charge in [-0.2, -0.15) is 5.26 Å². The lowest BCUT2D eigenvalue weighted by Crippen LogP contribution is -2.56. The number of fused-ring (bicyclic) bond motifs is 2. The molecule has 1 atom stereocenters. The molecule has 7 nitrogen and oxygen atoms in total. The highest BCUT2D eigenvalue weighted by Gasteiger charge is 2.36. The maximum absolute atomic E-state index is 14.5. The molecule has 4 rings (SSSR count). The SMILES string of the molecule is CC(C)(C)OC(=O)N1CCN2Cc3c(C#N)cc(-c4c(O)cccc4F)c(Cl)c3OCC2C1. The van der Waals surface area contributed by atoms with Crippen LogP contribution in [0.15, 0.2) is 24.3 Å². The molecule has 33 heavy (non-hydrogen) atoms. The maximum Gasteiger partial charge on any atom is 0.410 e. The van der Waals surface area contributed by atoms with Gasteiger partial charge in [-0.1, -0.05) is 17.7 Å². The first kappa shape index (κ1) is 23.1. The number of amides is 1. The van der Waals surface area contributed by atoms with E-state index in [-0.39, 0.29) is 40.6 Å². The van der Waals surface area contributed by atoms with E-state index < -0.39 is 11.4 Å². The van der Waals surface area contributed by atoms with E-state index in [0.717, 1.165) is 0 Å². The van der Waals surface area contributed by atoms with Crippen molar-refractivity contribution in [1.29, 1.82) is 5.26 Å². The fourth-order valence-corrected chi connectivity index (χ4v) is 4.49. The lowest BCUT2D eigenvalue weighted by molar-refractivity contribution is -0.00155. The first-order chi connectivity index (χ1) is 15.6. The average molecular weight is 474 g/mol. The molecule has 2 heterocycles. The molecular formula is C24H25ClFN3O4. The second-order valence-corrected chi connectivity index (χ2v) is 9.58. The minimum atomic E-state index is -0.653. The van der Waals surface area contributed by atoms with E-state index in [0.29, 0.717) is 43.1 Å². The number of nitriles is 1. The summed E-state index contributed by atoms with van der Waals surface area (Å²) in [7, 11) is 0. The summed E-state index contributed by atoms with van der Waals surface area (Å²) in [6, 6.07) is 7.47. The minimum absolute atomic E-state index is 0.0801. The van der Waals surface area contributed by atoms with Gasteiger partial charge in [-0.15, -0.1) is 0 Å². The summed E-state index contributed by atoms with van der Waals surface area (Å²) in [5, 5.41) is 20.2. The van der Waals surface area contributed by atoms with Crippen molar-refractivity contribution in [2.75, 3.05) is 26.2 Å². The van der Waals surface area contributed by atoms with Crippen LogP contribution in [0.25, 0.3) is 11.1 Å². The number of benzene rings is 2. The first-order valence-corrected chi connectivity index (χ1v) is 11.0. The zero-order chi connectivity index (χ0) is 23.9. The molecule has 0 aliphatic carbocycles. The van der Waals surface area contributed by atoms with Crippen molar-refractivity contribution < 1.29 is 23.8 Å². The van der Waals surface area contributed by atoms with Crippen LogP contribution in [-0.2, 0) is 11.3 Å². The summed E-state index contributed by atoms with van der Waals surface area (Å²) in [4.78, 5) is 16.3. The summed E-state index contributed by atoms with van der Waals surface area (Å²) in [6.45, 7) is 7.55. The van der Waals surface area contributed by atoms with Gasteiger partial charge in [-0.05, 0) is 39.0 Å². The third-order valence-corrected chi connectivity index (χ3v) is 6.12. The summed E-state index contributed by atoms with van der Waals surface area (Å²) in [5.41, 5.74) is 0.424. The first-order valence-electron chi connectivity index (χ1n) is 10.7. The van der Waals surface area contributed by atoms with E-state index in [1.807, 2.05) is 20.8 Å². The number of ether oxygens (including phenoxy) is 2. The van der Waals surface area contributed by atoms with Gasteiger partial charge in [0, 0.05) is 37.3 Å². The number of halogens is 2. The van der Waals surface area contributed by atoms with Crippen LogP contribution in [-0.4, -0.2) is 58.9 Å². The highest BCUT2D eigenvalue weighted by atomic mass is 35.5. The van der Waals surface area contributed by atoms with E-state index in [2.05, 4.69) is 11.0 Å². The van der Waals surface area contributed by atoms with Gasteiger partial charge in [0.05, 0.1) is 28.3 Å². The van der Waals surface area contributed by atoms with Crippen LogP contribution in [0.3, 0.4) is 0 Å². The molecule has 1 amide bonds. The van der Waals surface area contributed by atoms with Crippen LogP contribution in [0.1, 0.15) is 31.9 Å². The van der Waals surface area contributed by atoms with E-state index in [4.69, 9.17) is 21.1 Å². The summed E-state index contributed by atoms with van der Waals surface area (Å²) in [6.07, 6.45) is -0.378. The molecule has 0 saturated carbocycles. The van der Waals surface area contributed by atoms with Crippen LogP contribution in [0.5, 0.6) is 11.5 Å². The van der Waals surface area contributed by atoms with Crippen molar-refractivity contribution in [3.8, 4) is 28.7 Å². The number of aromatic hydroxyl groups is 1. The highest BCUT2D eigenvalue weighted by molar-refractivity contribution is 6.35. The third-order valence-electron chi connectivity index (χ3n) is 5.74. The van der Waals surface area contributed by atoms with E-state index >= 15 is 0 Å². The normalized spacial score (nSPS) is 18.4. The van der Waals surface area contributed by atoms with Crippen LogP contribution in [0, 0.1) is 17.1 Å².